The molecule has 1 saturated carbocycles. The highest BCUT2D eigenvalue weighted by Gasteiger charge is 2.30. The van der Waals surface area contributed by atoms with Crippen LogP contribution in [0.4, 0.5) is 0 Å². The quantitative estimate of drug-likeness (QED) is 0.308. The number of carboxylic acid groups (broad SMARTS) is 2. The van der Waals surface area contributed by atoms with Crippen LogP contribution in [0, 0.1) is 0 Å². The Morgan fingerprint density at radius 3 is 2.31 bits per heavy atom. The topological polar surface area (TPSA) is 180 Å². The molecule has 2 heterocycles. The van der Waals surface area contributed by atoms with Gasteiger partial charge >= 0.3 is 11.9 Å². The maximum Gasteiger partial charge on any atom is 0.335 e. The molecular weight excluding hydrogens is 510 g/mol. The van der Waals surface area contributed by atoms with Crippen LogP contribution < -0.4 is 14.8 Å². The number of benzene rings is 2. The molecule has 1 aliphatic carbocycles. The lowest BCUT2D eigenvalue weighted by atomic mass is 9.85. The SMILES string of the molecule is Cn1c([C@H]2CCC[C@@H](NC(=O)c3ccc4c(c3)OCCO4)C2)nc2ccccc21.O=C(O)C(O)C(O)C(=O)O. The number of nitrogens with one attached hydrogen (secondary N) is 1. The molecule has 1 amide bonds. The van der Waals surface area contributed by atoms with Crippen molar-refractivity contribution in [1.82, 2.24) is 14.9 Å². The van der Waals surface area contributed by atoms with Gasteiger partial charge in [0.1, 0.15) is 19.0 Å². The van der Waals surface area contributed by atoms with Crippen LogP contribution in [0.3, 0.4) is 0 Å². The molecular formula is C27H31N3O9. The number of para-hydroxylation sites is 2. The summed E-state index contributed by atoms with van der Waals surface area (Å²) in [6.07, 6.45) is -0.437. The average Bonchev–Trinajstić information content (AvgIpc) is 3.28. The van der Waals surface area contributed by atoms with Gasteiger partial charge in [-0.05, 0) is 49.6 Å². The number of aryl methyl sites for hydroxylation is 1. The summed E-state index contributed by atoms with van der Waals surface area (Å²) >= 11 is 0. The highest BCUT2D eigenvalue weighted by molar-refractivity contribution is 5.95. The summed E-state index contributed by atoms with van der Waals surface area (Å²) in [4.78, 5) is 37.2. The molecule has 2 aliphatic rings. The van der Waals surface area contributed by atoms with Gasteiger partial charge in [0.05, 0.1) is 11.0 Å². The molecule has 4 atom stereocenters. The predicted octanol–water partition coefficient (Wildman–Crippen LogP) is 1.68. The second-order valence-corrected chi connectivity index (χ2v) is 9.48. The largest absolute Gasteiger partial charge is 0.486 e. The summed E-state index contributed by atoms with van der Waals surface area (Å²) in [7, 11) is 2.09. The predicted molar refractivity (Wildman–Crippen MR) is 138 cm³/mol. The minimum absolute atomic E-state index is 0.0578. The molecule has 2 aromatic carbocycles. The van der Waals surface area contributed by atoms with Crippen LogP contribution >= 0.6 is 0 Å². The third-order valence-corrected chi connectivity index (χ3v) is 6.81. The Morgan fingerprint density at radius 2 is 1.64 bits per heavy atom. The zero-order valence-electron chi connectivity index (χ0n) is 21.3. The van der Waals surface area contributed by atoms with Crippen LogP contribution in [0.1, 0.15) is 47.8 Å². The summed E-state index contributed by atoms with van der Waals surface area (Å²) in [5.74, 6) is -0.781. The molecule has 39 heavy (non-hydrogen) atoms. The standard InChI is InChI=1S/C23H25N3O3.C4H6O6/c1-26-19-8-3-2-7-18(19)25-22(26)15-5-4-6-17(13-15)24-23(27)16-9-10-20-21(14-16)29-12-11-28-20;5-1(3(7)8)2(6)4(9)10/h2-3,7-10,14-15,17H,4-6,11-13H2,1H3,(H,24,27);1-2,5-6H,(H,7,8)(H,9,10)/t15-,17+;/m0./s1. The molecule has 0 spiro atoms. The molecule has 12 nitrogen and oxygen atoms in total. The monoisotopic (exact) mass is 541 g/mol. The van der Waals surface area contributed by atoms with Gasteiger partial charge in [-0.2, -0.15) is 0 Å². The van der Waals surface area contributed by atoms with Gasteiger partial charge in [0, 0.05) is 24.6 Å². The zero-order chi connectivity index (χ0) is 28.1. The maximum atomic E-state index is 12.8. The second-order valence-electron chi connectivity index (χ2n) is 9.48. The van der Waals surface area contributed by atoms with Crippen LogP contribution in [0.15, 0.2) is 42.5 Å². The molecule has 1 fully saturated rings. The first kappa shape index (κ1) is 27.9. The number of aliphatic carboxylic acids is 2. The number of ether oxygens (including phenoxy) is 2. The number of carboxylic acids is 2. The Kier molecular flexibility index (Phi) is 8.67. The fourth-order valence-corrected chi connectivity index (χ4v) is 4.81. The number of carbonyl (C=O) groups excluding carboxylic acids is 1. The number of aliphatic hydroxyl groups excluding tert-OH is 2. The first-order valence-corrected chi connectivity index (χ1v) is 12.6. The average molecular weight is 542 g/mol. The number of rotatable bonds is 6. The van der Waals surface area contributed by atoms with Crippen LogP contribution in [-0.2, 0) is 16.6 Å². The van der Waals surface area contributed by atoms with Crippen molar-refractivity contribution in [3.05, 3.63) is 53.9 Å². The molecule has 0 saturated heterocycles. The minimum atomic E-state index is -2.27. The van der Waals surface area contributed by atoms with E-state index in [2.05, 4.69) is 29.1 Å². The van der Waals surface area contributed by atoms with Crippen molar-refractivity contribution in [2.24, 2.45) is 7.05 Å². The van der Waals surface area contributed by atoms with Crippen molar-refractivity contribution < 1.29 is 44.3 Å². The van der Waals surface area contributed by atoms with Crippen LogP contribution in [0.2, 0.25) is 0 Å². The first-order chi connectivity index (χ1) is 18.7. The van der Waals surface area contributed by atoms with E-state index in [9.17, 15) is 14.4 Å². The van der Waals surface area contributed by atoms with E-state index in [1.165, 1.54) is 0 Å². The summed E-state index contributed by atoms with van der Waals surface area (Å²) in [5.41, 5.74) is 2.80. The Hall–Kier alpha value is -4.16. The Bertz CT molecular complexity index is 1340. The number of aromatic nitrogens is 2. The number of fused-ring (bicyclic) bond motifs is 2. The minimum Gasteiger partial charge on any atom is -0.486 e. The van der Waals surface area contributed by atoms with E-state index < -0.39 is 24.1 Å². The van der Waals surface area contributed by atoms with E-state index in [0.717, 1.165) is 42.5 Å². The van der Waals surface area contributed by atoms with Gasteiger partial charge in [-0.25, -0.2) is 14.6 Å². The van der Waals surface area contributed by atoms with Crippen molar-refractivity contribution >= 4 is 28.9 Å². The molecule has 1 aromatic heterocycles. The third-order valence-electron chi connectivity index (χ3n) is 6.81. The van der Waals surface area contributed by atoms with E-state index in [1.807, 2.05) is 18.2 Å². The number of aliphatic hydroxyl groups is 2. The molecule has 208 valence electrons. The molecule has 12 heteroatoms. The van der Waals surface area contributed by atoms with Crippen molar-refractivity contribution in [1.29, 1.82) is 0 Å². The van der Waals surface area contributed by atoms with E-state index in [4.69, 9.17) is 34.9 Å². The van der Waals surface area contributed by atoms with Gasteiger partial charge in [-0.15, -0.1) is 0 Å². The van der Waals surface area contributed by atoms with Gasteiger partial charge in [0.25, 0.3) is 5.91 Å². The summed E-state index contributed by atoms with van der Waals surface area (Å²) in [6.45, 7) is 1.06. The van der Waals surface area contributed by atoms with Crippen LogP contribution in [-0.4, -0.2) is 79.3 Å². The smallest absolute Gasteiger partial charge is 0.335 e. The number of hydrogen-bond donors (Lipinski definition) is 5. The van der Waals surface area contributed by atoms with Crippen LogP contribution in [0.25, 0.3) is 11.0 Å². The van der Waals surface area contributed by atoms with Crippen LogP contribution in [0.5, 0.6) is 11.5 Å². The normalized spacial score (nSPS) is 19.8. The number of nitrogens with zero attached hydrogens (tertiary/aromatic N) is 2. The fourth-order valence-electron chi connectivity index (χ4n) is 4.81. The van der Waals surface area contributed by atoms with Gasteiger partial charge < -0.3 is 39.8 Å². The Labute approximate surface area is 223 Å². The Morgan fingerprint density at radius 1 is 0.974 bits per heavy atom. The van der Waals surface area contributed by atoms with Gasteiger partial charge in [0.2, 0.25) is 0 Å². The van der Waals surface area contributed by atoms with Crippen molar-refractivity contribution in [2.75, 3.05) is 13.2 Å². The Balaban J connectivity index is 0.000000303. The number of hydrogen-bond acceptors (Lipinski definition) is 8. The van der Waals surface area contributed by atoms with E-state index >= 15 is 0 Å². The van der Waals surface area contributed by atoms with Gasteiger partial charge in [-0.3, -0.25) is 4.79 Å². The molecule has 5 N–H and O–H groups in total. The number of amides is 1. The highest BCUT2D eigenvalue weighted by Crippen LogP contribution is 2.34. The molecule has 5 rings (SSSR count). The van der Waals surface area contributed by atoms with E-state index in [0.29, 0.717) is 36.2 Å². The number of imidazole rings is 1. The van der Waals surface area contributed by atoms with Crippen molar-refractivity contribution in [3.8, 4) is 11.5 Å². The summed E-state index contributed by atoms with van der Waals surface area (Å²) in [6, 6.07) is 13.8. The van der Waals surface area contributed by atoms with Gasteiger partial charge in [0.15, 0.2) is 23.7 Å². The van der Waals surface area contributed by atoms with Gasteiger partial charge in [-0.1, -0.05) is 18.6 Å². The first-order valence-electron chi connectivity index (χ1n) is 12.6. The van der Waals surface area contributed by atoms with E-state index in [1.54, 1.807) is 12.1 Å². The summed E-state index contributed by atoms with van der Waals surface area (Å²) < 4.78 is 13.3. The lowest BCUT2D eigenvalue weighted by Crippen LogP contribution is -2.39. The summed E-state index contributed by atoms with van der Waals surface area (Å²) in [5, 5.41) is 35.7. The van der Waals surface area contributed by atoms with Crippen molar-refractivity contribution in [2.45, 2.75) is 49.9 Å². The molecule has 0 bridgehead atoms. The second kappa shape index (κ2) is 12.1. The third kappa shape index (κ3) is 6.47. The molecule has 0 radical (unpaired) electrons. The fraction of sp³-hybridized carbons (Fsp3) is 0.407. The number of carbonyl (C=O) groups is 3. The highest BCUT2D eigenvalue weighted by atomic mass is 16.6. The lowest BCUT2D eigenvalue weighted by Gasteiger charge is -2.29. The molecule has 2 unspecified atom stereocenters. The van der Waals surface area contributed by atoms with Crippen molar-refractivity contribution in [3.63, 3.8) is 0 Å². The molecule has 1 aliphatic heterocycles. The van der Waals surface area contributed by atoms with E-state index in [-0.39, 0.29) is 11.9 Å². The zero-order valence-corrected chi connectivity index (χ0v) is 21.3. The maximum absolute atomic E-state index is 12.8. The lowest BCUT2D eigenvalue weighted by molar-refractivity contribution is -0.165. The molecule has 3 aromatic rings.